The fourth-order valence-corrected chi connectivity index (χ4v) is 3.76. The monoisotopic (exact) mass is 410 g/mol. The molecule has 3 rings (SSSR count). The van der Waals surface area contributed by atoms with Crippen LogP contribution in [0.2, 0.25) is 0 Å². The fraction of sp³-hybridized carbons (Fsp3) is 0.318. The lowest BCUT2D eigenvalue weighted by Crippen LogP contribution is -2.15. The molecule has 0 fully saturated rings. The van der Waals surface area contributed by atoms with E-state index in [2.05, 4.69) is 35.4 Å². The van der Waals surface area contributed by atoms with E-state index in [1.807, 2.05) is 60.9 Å². The second kappa shape index (κ2) is 9.60. The first-order chi connectivity index (χ1) is 14.0. The van der Waals surface area contributed by atoms with Crippen molar-refractivity contribution in [1.82, 2.24) is 14.8 Å². The Bertz CT molecular complexity index is 972. The molecule has 7 heteroatoms. The summed E-state index contributed by atoms with van der Waals surface area (Å²) in [6.07, 6.45) is -0.254. The van der Waals surface area contributed by atoms with Crippen LogP contribution in [0.5, 0.6) is 5.75 Å². The predicted molar refractivity (Wildman–Crippen MR) is 116 cm³/mol. The van der Waals surface area contributed by atoms with Crippen molar-refractivity contribution in [2.75, 3.05) is 11.1 Å². The van der Waals surface area contributed by atoms with E-state index in [4.69, 9.17) is 4.74 Å². The number of aromatic nitrogens is 3. The number of benzene rings is 2. The van der Waals surface area contributed by atoms with Crippen molar-refractivity contribution in [3.63, 3.8) is 0 Å². The number of rotatable bonds is 8. The molecule has 6 nitrogen and oxygen atoms in total. The average molecular weight is 411 g/mol. The van der Waals surface area contributed by atoms with E-state index < -0.39 is 0 Å². The molecule has 1 atom stereocenters. The summed E-state index contributed by atoms with van der Waals surface area (Å²) >= 11 is 1.37. The van der Waals surface area contributed by atoms with Crippen molar-refractivity contribution in [2.45, 2.75) is 45.5 Å². The van der Waals surface area contributed by atoms with Gasteiger partial charge in [0.05, 0.1) is 5.75 Å². The van der Waals surface area contributed by atoms with Gasteiger partial charge in [-0.1, -0.05) is 42.1 Å². The summed E-state index contributed by atoms with van der Waals surface area (Å²) in [5.74, 6) is 1.78. The van der Waals surface area contributed by atoms with Gasteiger partial charge in [0, 0.05) is 12.2 Å². The summed E-state index contributed by atoms with van der Waals surface area (Å²) < 4.78 is 8.16. The average Bonchev–Trinajstić information content (AvgIpc) is 3.13. The maximum Gasteiger partial charge on any atom is 0.234 e. The second-order valence-corrected chi connectivity index (χ2v) is 7.69. The molecule has 0 bridgehead atoms. The van der Waals surface area contributed by atoms with E-state index in [0.717, 1.165) is 22.8 Å². The summed E-state index contributed by atoms with van der Waals surface area (Å²) in [4.78, 5) is 12.2. The van der Waals surface area contributed by atoms with Gasteiger partial charge in [0.2, 0.25) is 5.91 Å². The molecule has 152 valence electrons. The van der Waals surface area contributed by atoms with Crippen molar-refractivity contribution in [2.24, 2.45) is 0 Å². The van der Waals surface area contributed by atoms with Crippen LogP contribution in [0.1, 0.15) is 36.9 Å². The highest BCUT2D eigenvalue weighted by Gasteiger charge is 2.20. The number of anilines is 1. The topological polar surface area (TPSA) is 69.0 Å². The number of ether oxygens (including phenoxy) is 1. The zero-order valence-corrected chi connectivity index (χ0v) is 18.0. The molecule has 2 aromatic carbocycles. The minimum Gasteiger partial charge on any atom is -0.482 e. The normalized spacial score (nSPS) is 11.9. The molecule has 0 aliphatic rings. The zero-order valence-electron chi connectivity index (χ0n) is 17.2. The molecule has 0 aliphatic heterocycles. The molecule has 29 heavy (non-hydrogen) atoms. The van der Waals surface area contributed by atoms with Crippen LogP contribution in [0.25, 0.3) is 0 Å². The number of carbonyl (C=O) groups excluding carboxylic acids is 1. The molecule has 0 aliphatic carbocycles. The number of aryl methyl sites for hydroxylation is 1. The van der Waals surface area contributed by atoms with Gasteiger partial charge in [0.1, 0.15) is 5.75 Å². The highest BCUT2D eigenvalue weighted by atomic mass is 32.2. The van der Waals surface area contributed by atoms with Crippen LogP contribution in [0.3, 0.4) is 0 Å². The number of amides is 1. The Labute approximate surface area is 175 Å². The molecule has 0 saturated heterocycles. The molecule has 1 unspecified atom stereocenters. The molecule has 1 heterocycles. The van der Waals surface area contributed by atoms with Crippen LogP contribution < -0.4 is 10.1 Å². The quantitative estimate of drug-likeness (QED) is 0.541. The smallest absolute Gasteiger partial charge is 0.234 e. The lowest BCUT2D eigenvalue weighted by Gasteiger charge is -2.17. The Morgan fingerprint density at radius 2 is 1.90 bits per heavy atom. The van der Waals surface area contributed by atoms with Crippen molar-refractivity contribution in [1.29, 1.82) is 0 Å². The largest absolute Gasteiger partial charge is 0.482 e. The molecule has 1 aromatic heterocycles. The van der Waals surface area contributed by atoms with Crippen molar-refractivity contribution in [3.8, 4) is 5.75 Å². The second-order valence-electron chi connectivity index (χ2n) is 6.75. The Kier molecular flexibility index (Phi) is 6.93. The number of carbonyl (C=O) groups is 1. The van der Waals surface area contributed by atoms with E-state index >= 15 is 0 Å². The maximum atomic E-state index is 12.2. The number of para-hydroxylation sites is 1. The van der Waals surface area contributed by atoms with Gasteiger partial charge in [0.15, 0.2) is 17.1 Å². The minimum atomic E-state index is -0.254. The summed E-state index contributed by atoms with van der Waals surface area (Å²) in [6.45, 7) is 8.82. The maximum absolute atomic E-state index is 12.2. The lowest BCUT2D eigenvalue weighted by atomic mass is 10.1. The Balaban J connectivity index is 1.66. The van der Waals surface area contributed by atoms with E-state index in [1.165, 1.54) is 17.3 Å². The van der Waals surface area contributed by atoms with Crippen LogP contribution in [0, 0.1) is 13.8 Å². The molecular formula is C22H26N4O2S. The Morgan fingerprint density at radius 1 is 1.14 bits per heavy atom. The molecular weight excluding hydrogens is 384 g/mol. The van der Waals surface area contributed by atoms with E-state index in [0.29, 0.717) is 11.7 Å². The summed E-state index contributed by atoms with van der Waals surface area (Å²) in [5, 5.41) is 12.2. The lowest BCUT2D eigenvalue weighted by molar-refractivity contribution is -0.113. The van der Waals surface area contributed by atoms with Gasteiger partial charge < -0.3 is 14.6 Å². The van der Waals surface area contributed by atoms with Gasteiger partial charge in [0.25, 0.3) is 0 Å². The SMILES string of the molecule is CCn1c(SCC(=O)Nc2ccccc2)nnc1C(C)Oc1cccc(C)c1C. The van der Waals surface area contributed by atoms with Gasteiger partial charge in [-0.2, -0.15) is 0 Å². The highest BCUT2D eigenvalue weighted by Crippen LogP contribution is 2.28. The number of thioether (sulfide) groups is 1. The van der Waals surface area contributed by atoms with Crippen LogP contribution in [-0.2, 0) is 11.3 Å². The number of hydrogen-bond donors (Lipinski definition) is 1. The van der Waals surface area contributed by atoms with E-state index in [9.17, 15) is 4.79 Å². The fourth-order valence-electron chi connectivity index (χ4n) is 2.95. The number of nitrogens with zero attached hydrogens (tertiary/aromatic N) is 3. The predicted octanol–water partition coefficient (Wildman–Crippen LogP) is 4.79. The summed E-state index contributed by atoms with van der Waals surface area (Å²) in [7, 11) is 0. The Hall–Kier alpha value is -2.80. The molecule has 3 aromatic rings. The highest BCUT2D eigenvalue weighted by molar-refractivity contribution is 7.99. The molecule has 1 amide bonds. The zero-order chi connectivity index (χ0) is 20.8. The summed E-state index contributed by atoms with van der Waals surface area (Å²) in [5.41, 5.74) is 3.09. The number of nitrogens with one attached hydrogen (secondary N) is 1. The molecule has 0 radical (unpaired) electrons. The van der Waals surface area contributed by atoms with Crippen molar-refractivity contribution >= 4 is 23.4 Å². The minimum absolute atomic E-state index is 0.0758. The van der Waals surface area contributed by atoms with Crippen LogP contribution in [0.4, 0.5) is 5.69 Å². The molecule has 1 N–H and O–H groups in total. The van der Waals surface area contributed by atoms with Gasteiger partial charge in [-0.15, -0.1) is 10.2 Å². The van der Waals surface area contributed by atoms with E-state index in [-0.39, 0.29) is 17.8 Å². The van der Waals surface area contributed by atoms with Crippen LogP contribution in [-0.4, -0.2) is 26.4 Å². The first-order valence-corrected chi connectivity index (χ1v) is 10.6. The third-order valence-electron chi connectivity index (χ3n) is 4.67. The third-order valence-corrected chi connectivity index (χ3v) is 5.64. The van der Waals surface area contributed by atoms with E-state index in [1.54, 1.807) is 0 Å². The van der Waals surface area contributed by atoms with Gasteiger partial charge in [-0.3, -0.25) is 4.79 Å². The molecule has 0 saturated carbocycles. The van der Waals surface area contributed by atoms with Gasteiger partial charge in [-0.25, -0.2) is 0 Å². The van der Waals surface area contributed by atoms with Gasteiger partial charge in [-0.05, 0) is 57.0 Å². The Morgan fingerprint density at radius 3 is 2.62 bits per heavy atom. The van der Waals surface area contributed by atoms with Crippen molar-refractivity contribution in [3.05, 3.63) is 65.5 Å². The first-order valence-electron chi connectivity index (χ1n) is 9.63. The number of hydrogen-bond acceptors (Lipinski definition) is 5. The summed E-state index contributed by atoms with van der Waals surface area (Å²) in [6, 6.07) is 15.4. The van der Waals surface area contributed by atoms with Gasteiger partial charge >= 0.3 is 0 Å². The van der Waals surface area contributed by atoms with Crippen LogP contribution in [0.15, 0.2) is 53.7 Å². The first kappa shape index (κ1) is 20.9. The van der Waals surface area contributed by atoms with Crippen LogP contribution >= 0.6 is 11.8 Å². The third kappa shape index (κ3) is 5.17. The molecule has 0 spiro atoms. The van der Waals surface area contributed by atoms with Crippen molar-refractivity contribution < 1.29 is 9.53 Å². The standard InChI is InChI=1S/C22H26N4O2S/c1-5-26-21(17(4)28-19-13-9-10-15(2)16(19)3)24-25-22(26)29-14-20(27)23-18-11-7-6-8-12-18/h6-13,17H,5,14H2,1-4H3,(H,23,27).